The zero-order chi connectivity index (χ0) is 22.1. The zero-order valence-corrected chi connectivity index (χ0v) is 18.4. The lowest BCUT2D eigenvalue weighted by atomic mass is 9.72. The maximum Gasteiger partial charge on any atom is 0.331 e. The van der Waals surface area contributed by atoms with Gasteiger partial charge in [0.25, 0.3) is 0 Å². The van der Waals surface area contributed by atoms with Gasteiger partial charge in [-0.1, -0.05) is 0 Å². The van der Waals surface area contributed by atoms with Gasteiger partial charge < -0.3 is 23.4 Å². The first-order valence-electron chi connectivity index (χ1n) is 11.4. The number of rotatable bonds is 2. The van der Waals surface area contributed by atoms with Crippen LogP contribution in [0.3, 0.4) is 0 Å². The Morgan fingerprint density at radius 3 is 2.72 bits per heavy atom. The van der Waals surface area contributed by atoms with Crippen molar-refractivity contribution in [1.29, 1.82) is 0 Å². The molecule has 0 bridgehead atoms. The second-order valence-corrected chi connectivity index (χ2v) is 11.0. The predicted octanol–water partition coefficient (Wildman–Crippen LogP) is 3.76. The van der Waals surface area contributed by atoms with Crippen LogP contribution in [0.1, 0.15) is 58.1 Å². The van der Waals surface area contributed by atoms with E-state index >= 15 is 0 Å². The van der Waals surface area contributed by atoms with Gasteiger partial charge in [-0.25, -0.2) is 4.79 Å². The second kappa shape index (κ2) is 5.39. The van der Waals surface area contributed by atoms with Crippen molar-refractivity contribution >= 4 is 11.9 Å². The molecule has 168 valence electrons. The van der Waals surface area contributed by atoms with Gasteiger partial charge in [0.1, 0.15) is 17.1 Å². The normalized spacial score (nSPS) is 49.5. The number of esters is 2. The Morgan fingerprint density at radius 1 is 1.16 bits per heavy atom. The number of hydrogen-bond acceptors (Lipinski definition) is 7. The van der Waals surface area contributed by atoms with Crippen molar-refractivity contribution in [3.8, 4) is 0 Å². The highest BCUT2D eigenvalue weighted by atomic mass is 16.7. The van der Waals surface area contributed by atoms with Crippen molar-refractivity contribution in [3.63, 3.8) is 0 Å². The first-order valence-corrected chi connectivity index (χ1v) is 11.4. The van der Waals surface area contributed by atoms with Crippen molar-refractivity contribution < 1.29 is 33.0 Å². The Morgan fingerprint density at radius 2 is 2.00 bits per heavy atom. The van der Waals surface area contributed by atoms with Crippen LogP contribution in [0, 0.1) is 16.7 Å². The molecule has 5 heterocycles. The molecule has 4 fully saturated rings. The molecular weight excluding hydrogens is 412 g/mol. The largest absolute Gasteiger partial charge is 0.472 e. The minimum Gasteiger partial charge on any atom is -0.472 e. The van der Waals surface area contributed by atoms with Crippen LogP contribution in [-0.2, 0) is 28.5 Å². The number of furan rings is 1. The van der Waals surface area contributed by atoms with E-state index in [1.807, 2.05) is 32.9 Å². The first-order chi connectivity index (χ1) is 15.1. The summed E-state index contributed by atoms with van der Waals surface area (Å²) in [7, 11) is 0. The van der Waals surface area contributed by atoms with E-state index in [1.165, 1.54) is 6.08 Å². The number of cyclic esters (lactones) is 2. The van der Waals surface area contributed by atoms with Crippen molar-refractivity contribution in [2.45, 2.75) is 75.7 Å². The minimum absolute atomic E-state index is 0.0922. The van der Waals surface area contributed by atoms with Crippen LogP contribution in [0.2, 0.25) is 0 Å². The third-order valence-corrected chi connectivity index (χ3v) is 8.96. The van der Waals surface area contributed by atoms with E-state index in [-0.39, 0.29) is 35.5 Å². The van der Waals surface area contributed by atoms with Gasteiger partial charge in [-0.3, -0.25) is 4.79 Å². The summed E-state index contributed by atoms with van der Waals surface area (Å²) in [5, 5.41) is 0. The number of carbonyl (C=O) groups excluding carboxylic acids is 2. The molecule has 7 rings (SSSR count). The van der Waals surface area contributed by atoms with E-state index in [0.29, 0.717) is 6.42 Å². The van der Waals surface area contributed by atoms with Gasteiger partial charge in [0, 0.05) is 29.4 Å². The van der Waals surface area contributed by atoms with E-state index in [0.717, 1.165) is 30.4 Å². The standard InChI is InChI=1S/C25H26O7/c1-21(2)17(22(3)7-5-18(26)31-22)11-24(32-21)10-15-16(30-24)4-8-23-13-25(15,23)20(27)29-19(23)14-6-9-28-12-14/h5-7,9-10,12,16-17,19H,4,8,11,13H2,1-3H3/t16-,17+,19-,22-,23+,24-,25+/m0/s1. The monoisotopic (exact) mass is 438 g/mol. The van der Waals surface area contributed by atoms with Crippen LogP contribution in [-0.4, -0.2) is 35.0 Å². The maximum absolute atomic E-state index is 13.2. The smallest absolute Gasteiger partial charge is 0.331 e. The SMILES string of the molecule is CC1(C)O[C@@]2(C=C3[C@H](CC[C@]45C[C@]34C(=O)O[C@H]5c3ccoc3)O2)C[C@H]1[C@]1(C)C=CC(=O)O1. The van der Waals surface area contributed by atoms with Crippen LogP contribution in [0.25, 0.3) is 0 Å². The highest BCUT2D eigenvalue weighted by Gasteiger charge is 2.85. The van der Waals surface area contributed by atoms with Crippen molar-refractivity contribution in [3.05, 3.63) is 48.0 Å². The second-order valence-electron chi connectivity index (χ2n) is 11.0. The minimum atomic E-state index is -0.929. The summed E-state index contributed by atoms with van der Waals surface area (Å²) in [4.78, 5) is 25.1. The molecule has 2 saturated heterocycles. The van der Waals surface area contributed by atoms with Gasteiger partial charge in [0.2, 0.25) is 0 Å². The van der Waals surface area contributed by atoms with Crippen LogP contribution in [0.5, 0.6) is 0 Å². The van der Waals surface area contributed by atoms with Crippen molar-refractivity contribution in [2.24, 2.45) is 16.7 Å². The maximum atomic E-state index is 13.2. The average molecular weight is 438 g/mol. The molecule has 0 amide bonds. The van der Waals surface area contributed by atoms with Gasteiger partial charge in [-0.15, -0.1) is 0 Å². The van der Waals surface area contributed by atoms with Gasteiger partial charge in [0.05, 0.1) is 24.2 Å². The van der Waals surface area contributed by atoms with E-state index in [1.54, 1.807) is 12.5 Å². The molecule has 7 atom stereocenters. The molecule has 32 heavy (non-hydrogen) atoms. The third kappa shape index (κ3) is 2.05. The molecule has 0 N–H and O–H groups in total. The highest BCUT2D eigenvalue weighted by Crippen LogP contribution is 2.83. The molecule has 0 aromatic carbocycles. The topological polar surface area (TPSA) is 84.2 Å². The summed E-state index contributed by atoms with van der Waals surface area (Å²) in [5.41, 5.74) is -0.251. The van der Waals surface area contributed by atoms with Gasteiger partial charge in [-0.05, 0) is 63.8 Å². The summed E-state index contributed by atoms with van der Waals surface area (Å²) in [5.74, 6) is -1.51. The summed E-state index contributed by atoms with van der Waals surface area (Å²) in [6.45, 7) is 5.95. The summed E-state index contributed by atoms with van der Waals surface area (Å²) in [6.07, 6.45) is 11.2. The Balaban J connectivity index is 1.26. The lowest BCUT2D eigenvalue weighted by Gasteiger charge is -2.36. The van der Waals surface area contributed by atoms with E-state index < -0.39 is 22.4 Å². The summed E-state index contributed by atoms with van der Waals surface area (Å²) >= 11 is 0. The van der Waals surface area contributed by atoms with Crippen molar-refractivity contribution in [2.75, 3.05) is 0 Å². The molecule has 1 aromatic heterocycles. The van der Waals surface area contributed by atoms with E-state index in [2.05, 4.69) is 6.08 Å². The molecule has 7 nitrogen and oxygen atoms in total. The zero-order valence-electron chi connectivity index (χ0n) is 18.4. The number of hydrogen-bond donors (Lipinski definition) is 0. The molecule has 6 aliphatic rings. The predicted molar refractivity (Wildman–Crippen MR) is 109 cm³/mol. The fourth-order valence-corrected chi connectivity index (χ4v) is 7.61. The Hall–Kier alpha value is -2.38. The highest BCUT2D eigenvalue weighted by molar-refractivity contribution is 5.90. The molecule has 4 aliphatic heterocycles. The molecule has 0 radical (unpaired) electrons. The van der Waals surface area contributed by atoms with Gasteiger partial charge in [0.15, 0.2) is 5.79 Å². The number of carbonyl (C=O) groups is 2. The Labute approximate surface area is 185 Å². The lowest BCUT2D eigenvalue weighted by molar-refractivity contribution is -0.223. The molecule has 2 aliphatic carbocycles. The van der Waals surface area contributed by atoms with E-state index in [9.17, 15) is 9.59 Å². The third-order valence-electron chi connectivity index (χ3n) is 8.96. The fraction of sp³-hybridized carbons (Fsp3) is 0.600. The van der Waals surface area contributed by atoms with Crippen molar-refractivity contribution in [1.82, 2.24) is 0 Å². The Bertz CT molecular complexity index is 1120. The average Bonchev–Trinajstić information content (AvgIpc) is 3.24. The fourth-order valence-electron chi connectivity index (χ4n) is 7.61. The van der Waals surface area contributed by atoms with Crippen LogP contribution in [0.15, 0.2) is 46.8 Å². The molecule has 0 unspecified atom stereocenters. The molecule has 7 heteroatoms. The first kappa shape index (κ1) is 19.1. The van der Waals surface area contributed by atoms with Gasteiger partial charge >= 0.3 is 11.9 Å². The molecule has 1 aromatic rings. The van der Waals surface area contributed by atoms with Crippen LogP contribution < -0.4 is 0 Å². The van der Waals surface area contributed by atoms with Crippen LogP contribution in [0.4, 0.5) is 0 Å². The van der Waals surface area contributed by atoms with Gasteiger partial charge in [-0.2, -0.15) is 0 Å². The number of ether oxygens (including phenoxy) is 4. The van der Waals surface area contributed by atoms with E-state index in [4.69, 9.17) is 23.4 Å². The summed E-state index contributed by atoms with van der Waals surface area (Å²) < 4.78 is 30.0. The lowest BCUT2D eigenvalue weighted by Crippen LogP contribution is -2.44. The van der Waals surface area contributed by atoms with Crippen LogP contribution >= 0.6 is 0 Å². The molecule has 1 spiro atoms. The number of fused-ring (bicyclic) bond motifs is 1. The molecule has 2 saturated carbocycles. The Kier molecular flexibility index (Phi) is 3.22. The molecular formula is C25H26O7. The summed E-state index contributed by atoms with van der Waals surface area (Å²) in [6, 6.07) is 1.89. The quantitative estimate of drug-likeness (QED) is 0.514.